The van der Waals surface area contributed by atoms with Gasteiger partial charge in [0.2, 0.25) is 0 Å². The average molecular weight is 390 g/mol. The maximum Gasteiger partial charge on any atom is 0.264 e. The van der Waals surface area contributed by atoms with Crippen molar-refractivity contribution in [3.8, 4) is 0 Å². The van der Waals surface area contributed by atoms with Gasteiger partial charge in [0.25, 0.3) is 5.91 Å². The van der Waals surface area contributed by atoms with E-state index in [0.29, 0.717) is 17.3 Å². The molecule has 3 aromatic rings. The maximum atomic E-state index is 13.0. The van der Waals surface area contributed by atoms with E-state index in [1.165, 1.54) is 0 Å². The first-order valence-corrected chi connectivity index (χ1v) is 9.48. The molecule has 4 nitrogen and oxygen atoms in total. The summed E-state index contributed by atoms with van der Waals surface area (Å²) in [5.74, 6) is -0.159. The molecule has 1 heterocycles. The van der Waals surface area contributed by atoms with E-state index in [9.17, 15) is 4.79 Å². The second-order valence-electron chi connectivity index (χ2n) is 6.80. The van der Waals surface area contributed by atoms with Gasteiger partial charge in [-0.15, -0.1) is 0 Å². The van der Waals surface area contributed by atoms with Crippen LogP contribution >= 0.6 is 11.6 Å². The number of benzene rings is 3. The molecule has 0 fully saturated rings. The number of fused-ring (bicyclic) bond motifs is 1. The molecule has 1 unspecified atom stereocenters. The Bertz CT molecular complexity index is 1020. The Hall–Kier alpha value is -2.95. The SMILES string of the molecule is CN(Cc1ccccc1)C1N=C(c2ccccc2)c2cc(Cl)ccc2NC1=O. The van der Waals surface area contributed by atoms with Crippen LogP contribution in [0.25, 0.3) is 0 Å². The summed E-state index contributed by atoms with van der Waals surface area (Å²) in [4.78, 5) is 19.8. The lowest BCUT2D eigenvalue weighted by atomic mass is 10.0. The molecule has 0 aliphatic carbocycles. The second-order valence-corrected chi connectivity index (χ2v) is 7.23. The van der Waals surface area contributed by atoms with Crippen molar-refractivity contribution >= 4 is 28.9 Å². The number of benzodiazepines with no additional fused rings is 1. The molecule has 1 N–H and O–H groups in total. The van der Waals surface area contributed by atoms with Crippen LogP contribution in [0.5, 0.6) is 0 Å². The Morgan fingerprint density at radius 3 is 2.39 bits per heavy atom. The van der Waals surface area contributed by atoms with Crippen LogP contribution in [0.1, 0.15) is 16.7 Å². The topological polar surface area (TPSA) is 44.7 Å². The lowest BCUT2D eigenvalue weighted by Gasteiger charge is -2.23. The first kappa shape index (κ1) is 18.4. The smallest absolute Gasteiger partial charge is 0.264 e. The molecule has 4 rings (SSSR count). The van der Waals surface area contributed by atoms with Crippen LogP contribution in [-0.4, -0.2) is 29.7 Å². The molecule has 5 heteroatoms. The molecule has 0 spiro atoms. The molecule has 3 aromatic carbocycles. The summed E-state index contributed by atoms with van der Waals surface area (Å²) in [6.45, 7) is 0.613. The first-order valence-electron chi connectivity index (χ1n) is 9.10. The summed E-state index contributed by atoms with van der Waals surface area (Å²) in [5.41, 5.74) is 4.36. The summed E-state index contributed by atoms with van der Waals surface area (Å²) < 4.78 is 0. The van der Waals surface area contributed by atoms with Crippen molar-refractivity contribution in [2.45, 2.75) is 12.7 Å². The van der Waals surface area contributed by atoms with Crippen molar-refractivity contribution in [3.05, 3.63) is 101 Å². The lowest BCUT2D eigenvalue weighted by molar-refractivity contribution is -0.120. The average Bonchev–Trinajstić information content (AvgIpc) is 2.85. The predicted molar refractivity (Wildman–Crippen MR) is 114 cm³/mol. The largest absolute Gasteiger partial charge is 0.322 e. The Kier molecular flexibility index (Phi) is 5.24. The van der Waals surface area contributed by atoms with Crippen LogP contribution in [0.15, 0.2) is 83.9 Å². The monoisotopic (exact) mass is 389 g/mol. The Morgan fingerprint density at radius 1 is 1.00 bits per heavy atom. The van der Waals surface area contributed by atoms with Crippen molar-refractivity contribution in [1.29, 1.82) is 0 Å². The number of amides is 1. The molecule has 0 bridgehead atoms. The van der Waals surface area contributed by atoms with E-state index >= 15 is 0 Å². The lowest BCUT2D eigenvalue weighted by Crippen LogP contribution is -2.39. The van der Waals surface area contributed by atoms with Gasteiger partial charge in [0.1, 0.15) is 0 Å². The molecule has 0 aromatic heterocycles. The van der Waals surface area contributed by atoms with Gasteiger partial charge >= 0.3 is 0 Å². The molecule has 1 aliphatic rings. The van der Waals surface area contributed by atoms with Gasteiger partial charge in [-0.25, -0.2) is 0 Å². The van der Waals surface area contributed by atoms with Crippen molar-refractivity contribution in [3.63, 3.8) is 0 Å². The molecule has 1 amide bonds. The third kappa shape index (κ3) is 3.84. The zero-order chi connectivity index (χ0) is 19.5. The predicted octanol–water partition coefficient (Wildman–Crippen LogP) is 4.59. The van der Waals surface area contributed by atoms with Crippen LogP contribution in [0.4, 0.5) is 5.69 Å². The first-order chi connectivity index (χ1) is 13.6. The van der Waals surface area contributed by atoms with Crippen LogP contribution in [0.2, 0.25) is 5.02 Å². The highest BCUT2D eigenvalue weighted by Crippen LogP contribution is 2.28. The minimum absolute atomic E-state index is 0.159. The molecule has 0 saturated heterocycles. The molecule has 28 heavy (non-hydrogen) atoms. The van der Waals surface area contributed by atoms with E-state index < -0.39 is 6.17 Å². The van der Waals surface area contributed by atoms with Gasteiger partial charge in [0.05, 0.1) is 11.4 Å². The van der Waals surface area contributed by atoms with Crippen LogP contribution < -0.4 is 5.32 Å². The number of anilines is 1. The fraction of sp³-hybridized carbons (Fsp3) is 0.130. The minimum atomic E-state index is -0.651. The van der Waals surface area contributed by atoms with Gasteiger partial charge in [0.15, 0.2) is 6.17 Å². The van der Waals surface area contributed by atoms with E-state index in [4.69, 9.17) is 16.6 Å². The molecular weight excluding hydrogens is 370 g/mol. The fourth-order valence-electron chi connectivity index (χ4n) is 3.35. The van der Waals surface area contributed by atoms with Gasteiger partial charge in [-0.05, 0) is 30.8 Å². The maximum absolute atomic E-state index is 13.0. The standard InChI is InChI=1S/C23H20ClN3O/c1-27(15-16-8-4-2-5-9-16)22-23(28)25-20-13-12-18(24)14-19(20)21(26-22)17-10-6-3-7-11-17/h2-14,22H,15H2,1H3,(H,25,28). The summed E-state index contributed by atoms with van der Waals surface area (Å²) >= 11 is 6.25. The van der Waals surface area contributed by atoms with Gasteiger partial charge in [-0.2, -0.15) is 0 Å². The molecule has 0 saturated carbocycles. The zero-order valence-electron chi connectivity index (χ0n) is 15.5. The number of nitrogens with one attached hydrogen (secondary N) is 1. The zero-order valence-corrected chi connectivity index (χ0v) is 16.2. The Morgan fingerprint density at radius 2 is 1.68 bits per heavy atom. The van der Waals surface area contributed by atoms with Gasteiger partial charge < -0.3 is 5.32 Å². The highest BCUT2D eigenvalue weighted by molar-refractivity contribution is 6.32. The summed E-state index contributed by atoms with van der Waals surface area (Å²) in [5, 5.41) is 3.62. The van der Waals surface area contributed by atoms with Crippen molar-refractivity contribution in [1.82, 2.24) is 4.90 Å². The van der Waals surface area contributed by atoms with Gasteiger partial charge in [-0.1, -0.05) is 72.3 Å². The number of carbonyl (C=O) groups excluding carboxylic acids is 1. The number of carbonyl (C=O) groups is 1. The minimum Gasteiger partial charge on any atom is -0.322 e. The number of likely N-dealkylation sites (N-methyl/N-ethyl adjacent to an activating group) is 1. The summed E-state index contributed by atoms with van der Waals surface area (Å²) in [6, 6.07) is 25.4. The Balaban J connectivity index is 1.78. The van der Waals surface area contributed by atoms with Crippen LogP contribution in [0, 0.1) is 0 Å². The number of nitrogens with zero attached hydrogens (tertiary/aromatic N) is 2. The second kappa shape index (κ2) is 7.97. The third-order valence-electron chi connectivity index (χ3n) is 4.72. The van der Waals surface area contributed by atoms with E-state index in [1.54, 1.807) is 6.07 Å². The highest BCUT2D eigenvalue weighted by Gasteiger charge is 2.29. The molecule has 1 atom stereocenters. The normalized spacial score (nSPS) is 16.2. The highest BCUT2D eigenvalue weighted by atomic mass is 35.5. The van der Waals surface area contributed by atoms with Crippen LogP contribution in [0.3, 0.4) is 0 Å². The third-order valence-corrected chi connectivity index (χ3v) is 4.96. The number of halogens is 1. The number of hydrogen-bond acceptors (Lipinski definition) is 3. The molecule has 1 aliphatic heterocycles. The van der Waals surface area contributed by atoms with Gasteiger partial charge in [0, 0.05) is 22.7 Å². The van der Waals surface area contributed by atoms with Crippen molar-refractivity contribution in [2.24, 2.45) is 4.99 Å². The number of aliphatic imine (C=N–C) groups is 1. The summed E-state index contributed by atoms with van der Waals surface area (Å²) in [6.07, 6.45) is -0.651. The Labute approximate surface area is 169 Å². The fourth-order valence-corrected chi connectivity index (χ4v) is 3.52. The number of hydrogen-bond donors (Lipinski definition) is 1. The van der Waals surface area contributed by atoms with Gasteiger partial charge in [-0.3, -0.25) is 14.7 Å². The number of rotatable bonds is 4. The molecule has 140 valence electrons. The molecular formula is C23H20ClN3O. The van der Waals surface area contributed by atoms with E-state index in [2.05, 4.69) is 5.32 Å². The summed E-state index contributed by atoms with van der Waals surface area (Å²) in [7, 11) is 1.91. The van der Waals surface area contributed by atoms with E-state index in [0.717, 1.165) is 22.4 Å². The van der Waals surface area contributed by atoms with Crippen LogP contribution in [-0.2, 0) is 11.3 Å². The molecule has 0 radical (unpaired) electrons. The van der Waals surface area contributed by atoms with Crippen molar-refractivity contribution < 1.29 is 4.79 Å². The van der Waals surface area contributed by atoms with E-state index in [-0.39, 0.29) is 5.91 Å². The van der Waals surface area contributed by atoms with Crippen molar-refractivity contribution in [2.75, 3.05) is 12.4 Å². The van der Waals surface area contributed by atoms with E-state index in [1.807, 2.05) is 84.7 Å². The quantitative estimate of drug-likeness (QED) is 0.709.